The summed E-state index contributed by atoms with van der Waals surface area (Å²) < 4.78 is 18.4. The fourth-order valence-electron chi connectivity index (χ4n) is 1.49. The van der Waals surface area contributed by atoms with Crippen molar-refractivity contribution in [3.63, 3.8) is 0 Å². The Hall–Kier alpha value is -1.76. The molecular formula is C12H11BrFN3O2. The van der Waals surface area contributed by atoms with E-state index in [1.54, 1.807) is 19.1 Å². The van der Waals surface area contributed by atoms with Crippen LogP contribution < -0.4 is 5.32 Å². The Morgan fingerprint density at radius 3 is 2.95 bits per heavy atom. The SMILES string of the molecule is Cc1nc(CNC(=O)Cc2ccc(Br)c(F)c2)no1. The van der Waals surface area contributed by atoms with Crippen LogP contribution in [0.3, 0.4) is 0 Å². The molecule has 5 nitrogen and oxygen atoms in total. The lowest BCUT2D eigenvalue weighted by molar-refractivity contribution is -0.120. The molecule has 0 aliphatic rings. The molecule has 0 bridgehead atoms. The number of hydrogen-bond acceptors (Lipinski definition) is 4. The van der Waals surface area contributed by atoms with Gasteiger partial charge in [0, 0.05) is 6.92 Å². The molecule has 0 fully saturated rings. The highest BCUT2D eigenvalue weighted by Gasteiger charge is 2.08. The molecule has 0 spiro atoms. The van der Waals surface area contributed by atoms with Gasteiger partial charge < -0.3 is 9.84 Å². The van der Waals surface area contributed by atoms with Crippen LogP contribution in [0.2, 0.25) is 0 Å². The van der Waals surface area contributed by atoms with E-state index in [2.05, 4.69) is 31.4 Å². The molecule has 0 aliphatic carbocycles. The molecular weight excluding hydrogens is 317 g/mol. The van der Waals surface area contributed by atoms with E-state index in [0.717, 1.165) is 0 Å². The second-order valence-corrected chi connectivity index (χ2v) is 4.79. The predicted molar refractivity (Wildman–Crippen MR) is 68.7 cm³/mol. The molecule has 0 atom stereocenters. The Labute approximate surface area is 117 Å². The first-order valence-corrected chi connectivity index (χ1v) is 6.33. The molecule has 2 aromatic rings. The average molecular weight is 328 g/mol. The highest BCUT2D eigenvalue weighted by atomic mass is 79.9. The van der Waals surface area contributed by atoms with Gasteiger partial charge in [0.25, 0.3) is 0 Å². The number of carbonyl (C=O) groups excluding carboxylic acids is 1. The van der Waals surface area contributed by atoms with Gasteiger partial charge >= 0.3 is 0 Å². The molecule has 100 valence electrons. The number of aromatic nitrogens is 2. The lowest BCUT2D eigenvalue weighted by atomic mass is 10.1. The van der Waals surface area contributed by atoms with Crippen molar-refractivity contribution in [2.45, 2.75) is 19.9 Å². The standard InChI is InChI=1S/C12H11BrFN3O2/c1-7-16-11(17-19-7)6-15-12(18)5-8-2-3-9(13)10(14)4-8/h2-4H,5-6H2,1H3,(H,15,18). The van der Waals surface area contributed by atoms with Crippen LogP contribution in [0.1, 0.15) is 17.3 Å². The van der Waals surface area contributed by atoms with Crippen LogP contribution in [0.15, 0.2) is 27.2 Å². The average Bonchev–Trinajstić information content (AvgIpc) is 2.77. The summed E-state index contributed by atoms with van der Waals surface area (Å²) >= 11 is 3.06. The Morgan fingerprint density at radius 1 is 1.53 bits per heavy atom. The van der Waals surface area contributed by atoms with Gasteiger partial charge in [0.15, 0.2) is 5.82 Å². The number of nitrogens with zero attached hydrogens (tertiary/aromatic N) is 2. The minimum atomic E-state index is -0.390. The third-order valence-electron chi connectivity index (χ3n) is 2.36. The van der Waals surface area contributed by atoms with Crippen LogP contribution in [0.25, 0.3) is 0 Å². The van der Waals surface area contributed by atoms with Gasteiger partial charge in [0.1, 0.15) is 5.82 Å². The van der Waals surface area contributed by atoms with E-state index in [4.69, 9.17) is 4.52 Å². The summed E-state index contributed by atoms with van der Waals surface area (Å²) in [5, 5.41) is 6.29. The minimum absolute atomic E-state index is 0.0982. The van der Waals surface area contributed by atoms with Gasteiger partial charge in [-0.2, -0.15) is 4.98 Å². The summed E-state index contributed by atoms with van der Waals surface area (Å²) in [6, 6.07) is 4.58. The number of halogens is 2. The molecule has 1 aromatic heterocycles. The lowest BCUT2D eigenvalue weighted by Crippen LogP contribution is -2.25. The van der Waals surface area contributed by atoms with Crippen LogP contribution in [0, 0.1) is 12.7 Å². The third kappa shape index (κ3) is 3.85. The zero-order chi connectivity index (χ0) is 13.8. The summed E-state index contributed by atoms with van der Waals surface area (Å²) in [6.45, 7) is 1.86. The number of carbonyl (C=O) groups is 1. The molecule has 19 heavy (non-hydrogen) atoms. The van der Waals surface area contributed by atoms with Crippen molar-refractivity contribution in [2.24, 2.45) is 0 Å². The predicted octanol–water partition coefficient (Wildman–Crippen LogP) is 2.14. The summed E-state index contributed by atoms with van der Waals surface area (Å²) in [4.78, 5) is 15.6. The first-order chi connectivity index (χ1) is 9.04. The molecule has 2 rings (SSSR count). The Balaban J connectivity index is 1.88. The monoisotopic (exact) mass is 327 g/mol. The molecule has 0 saturated heterocycles. The van der Waals surface area contributed by atoms with Gasteiger partial charge in [0.2, 0.25) is 11.8 Å². The number of amides is 1. The molecule has 0 saturated carbocycles. The molecule has 1 aromatic carbocycles. The van der Waals surface area contributed by atoms with Gasteiger partial charge in [-0.25, -0.2) is 4.39 Å². The molecule has 1 amide bonds. The first-order valence-electron chi connectivity index (χ1n) is 5.54. The number of rotatable bonds is 4. The van der Waals surface area contributed by atoms with Crippen molar-refractivity contribution >= 4 is 21.8 Å². The number of aryl methyl sites for hydroxylation is 1. The fraction of sp³-hybridized carbons (Fsp3) is 0.250. The van der Waals surface area contributed by atoms with Crippen molar-refractivity contribution in [1.82, 2.24) is 15.5 Å². The summed E-state index contributed by atoms with van der Waals surface area (Å²) in [6.07, 6.45) is 0.0982. The van der Waals surface area contributed by atoms with Crippen molar-refractivity contribution in [1.29, 1.82) is 0 Å². The van der Waals surface area contributed by atoms with E-state index >= 15 is 0 Å². The zero-order valence-electron chi connectivity index (χ0n) is 10.1. The van der Waals surface area contributed by atoms with Crippen LogP contribution in [0.5, 0.6) is 0 Å². The van der Waals surface area contributed by atoms with E-state index in [1.165, 1.54) is 6.07 Å². The van der Waals surface area contributed by atoms with Gasteiger partial charge in [-0.1, -0.05) is 11.2 Å². The summed E-state index contributed by atoms with van der Waals surface area (Å²) in [5.74, 6) is 0.232. The fourth-order valence-corrected chi connectivity index (χ4v) is 1.73. The maximum Gasteiger partial charge on any atom is 0.224 e. The molecule has 1 N–H and O–H groups in total. The normalized spacial score (nSPS) is 10.5. The van der Waals surface area contributed by atoms with E-state index in [0.29, 0.717) is 21.8 Å². The smallest absolute Gasteiger partial charge is 0.224 e. The van der Waals surface area contributed by atoms with Crippen LogP contribution in [-0.2, 0) is 17.8 Å². The van der Waals surface area contributed by atoms with E-state index in [-0.39, 0.29) is 24.7 Å². The maximum absolute atomic E-state index is 13.3. The van der Waals surface area contributed by atoms with E-state index in [1.807, 2.05) is 0 Å². The van der Waals surface area contributed by atoms with Crippen LogP contribution >= 0.6 is 15.9 Å². The Bertz CT molecular complexity index is 600. The molecule has 0 aliphatic heterocycles. The highest BCUT2D eigenvalue weighted by Crippen LogP contribution is 2.16. The van der Waals surface area contributed by atoms with E-state index < -0.39 is 0 Å². The number of nitrogens with one attached hydrogen (secondary N) is 1. The minimum Gasteiger partial charge on any atom is -0.348 e. The maximum atomic E-state index is 13.3. The van der Waals surface area contributed by atoms with Gasteiger partial charge in [-0.15, -0.1) is 0 Å². The van der Waals surface area contributed by atoms with Crippen molar-refractivity contribution < 1.29 is 13.7 Å². The summed E-state index contributed by atoms with van der Waals surface area (Å²) in [5.41, 5.74) is 0.600. The van der Waals surface area contributed by atoms with Crippen LogP contribution in [-0.4, -0.2) is 16.0 Å². The molecule has 1 heterocycles. The van der Waals surface area contributed by atoms with Crippen molar-refractivity contribution in [3.05, 3.63) is 45.8 Å². The number of hydrogen-bond donors (Lipinski definition) is 1. The van der Waals surface area contributed by atoms with Crippen molar-refractivity contribution in [2.75, 3.05) is 0 Å². The van der Waals surface area contributed by atoms with Gasteiger partial charge in [0.05, 0.1) is 17.4 Å². The largest absolute Gasteiger partial charge is 0.348 e. The van der Waals surface area contributed by atoms with E-state index in [9.17, 15) is 9.18 Å². The summed E-state index contributed by atoms with van der Waals surface area (Å²) in [7, 11) is 0. The van der Waals surface area contributed by atoms with Gasteiger partial charge in [-0.3, -0.25) is 4.79 Å². The molecule has 0 unspecified atom stereocenters. The lowest BCUT2D eigenvalue weighted by Gasteiger charge is -2.03. The third-order valence-corrected chi connectivity index (χ3v) is 3.01. The van der Waals surface area contributed by atoms with Crippen LogP contribution in [0.4, 0.5) is 4.39 Å². The molecule has 0 radical (unpaired) electrons. The first kappa shape index (κ1) is 13.7. The van der Waals surface area contributed by atoms with Crippen molar-refractivity contribution in [3.8, 4) is 0 Å². The topological polar surface area (TPSA) is 68.0 Å². The highest BCUT2D eigenvalue weighted by molar-refractivity contribution is 9.10. The quantitative estimate of drug-likeness (QED) is 0.934. The second-order valence-electron chi connectivity index (χ2n) is 3.93. The molecule has 7 heteroatoms. The van der Waals surface area contributed by atoms with Gasteiger partial charge in [-0.05, 0) is 33.6 Å². The Morgan fingerprint density at radius 2 is 2.32 bits per heavy atom. The number of benzene rings is 1. The Kier molecular flexibility index (Phi) is 4.26. The zero-order valence-corrected chi connectivity index (χ0v) is 11.7. The second kappa shape index (κ2) is 5.92.